The Labute approximate surface area is 96.0 Å². The molecule has 0 aliphatic carbocycles. The van der Waals surface area contributed by atoms with Crippen LogP contribution in [0.2, 0.25) is 0 Å². The van der Waals surface area contributed by atoms with E-state index in [9.17, 15) is 0 Å². The van der Waals surface area contributed by atoms with Crippen LogP contribution in [-0.2, 0) is 0 Å². The fourth-order valence-corrected chi connectivity index (χ4v) is 1.86. The van der Waals surface area contributed by atoms with Gasteiger partial charge in [-0.15, -0.1) is 0 Å². The van der Waals surface area contributed by atoms with Gasteiger partial charge in [0.25, 0.3) is 0 Å². The molecule has 1 aliphatic heterocycles. The molecule has 1 fully saturated rings. The van der Waals surface area contributed by atoms with E-state index in [1.165, 1.54) is 0 Å². The number of piperidine rings is 1. The molecule has 1 N–H and O–H groups in total. The summed E-state index contributed by atoms with van der Waals surface area (Å²) < 4.78 is 11.0. The van der Waals surface area contributed by atoms with Crippen LogP contribution in [0, 0.1) is 0 Å². The minimum atomic E-state index is -0.0904. The van der Waals surface area contributed by atoms with Crippen LogP contribution in [0.3, 0.4) is 0 Å². The van der Waals surface area contributed by atoms with Crippen molar-refractivity contribution in [2.75, 3.05) is 20.2 Å². The highest BCUT2D eigenvalue weighted by molar-refractivity contribution is 5.23. The lowest BCUT2D eigenvalue weighted by Crippen LogP contribution is -2.43. The van der Waals surface area contributed by atoms with E-state index in [1.807, 2.05) is 12.1 Å². The van der Waals surface area contributed by atoms with Crippen LogP contribution >= 0.6 is 0 Å². The normalized spacial score (nSPS) is 19.1. The van der Waals surface area contributed by atoms with E-state index in [2.05, 4.69) is 17.2 Å². The van der Waals surface area contributed by atoms with Gasteiger partial charge in [-0.3, -0.25) is 0 Å². The highest BCUT2D eigenvalue weighted by Gasteiger charge is 2.28. The first-order chi connectivity index (χ1) is 7.72. The second-order valence-corrected chi connectivity index (χ2v) is 4.34. The monoisotopic (exact) mass is 222 g/mol. The average Bonchev–Trinajstić information content (AvgIpc) is 2.30. The smallest absolute Gasteiger partial charge is 0.213 e. The van der Waals surface area contributed by atoms with Crippen LogP contribution in [0.5, 0.6) is 11.6 Å². The number of methoxy groups -OCH3 is 1. The van der Waals surface area contributed by atoms with Crippen LogP contribution in [0.15, 0.2) is 18.3 Å². The molecule has 1 aliphatic rings. The number of aromatic nitrogens is 1. The second kappa shape index (κ2) is 4.70. The van der Waals surface area contributed by atoms with Crippen molar-refractivity contribution in [3.8, 4) is 11.6 Å². The van der Waals surface area contributed by atoms with Crippen molar-refractivity contribution in [2.24, 2.45) is 0 Å². The van der Waals surface area contributed by atoms with Crippen molar-refractivity contribution < 1.29 is 9.47 Å². The molecule has 1 saturated heterocycles. The van der Waals surface area contributed by atoms with Crippen LogP contribution in [0.4, 0.5) is 0 Å². The predicted octanol–water partition coefficient (Wildman–Crippen LogP) is 1.61. The SMILES string of the molecule is COc1ccc(OC2(C)CCNCC2)nc1. The molecule has 2 heterocycles. The Kier molecular flexibility index (Phi) is 3.29. The van der Waals surface area contributed by atoms with Gasteiger partial charge in [-0.2, -0.15) is 0 Å². The van der Waals surface area contributed by atoms with E-state index in [0.717, 1.165) is 31.7 Å². The standard InChI is InChI=1S/C12H18N2O2/c1-12(5-7-13-8-6-12)16-11-4-3-10(15-2)9-14-11/h3-4,9,13H,5-8H2,1-2H3. The van der Waals surface area contributed by atoms with Crippen LogP contribution in [0.25, 0.3) is 0 Å². The molecule has 0 bridgehead atoms. The summed E-state index contributed by atoms with van der Waals surface area (Å²) in [6.45, 7) is 4.15. The summed E-state index contributed by atoms with van der Waals surface area (Å²) in [5.41, 5.74) is -0.0904. The van der Waals surface area contributed by atoms with E-state index in [4.69, 9.17) is 9.47 Å². The van der Waals surface area contributed by atoms with E-state index >= 15 is 0 Å². The first kappa shape index (κ1) is 11.2. The molecule has 0 amide bonds. The Bertz CT molecular complexity index is 331. The van der Waals surface area contributed by atoms with Gasteiger partial charge in [-0.25, -0.2) is 4.98 Å². The van der Waals surface area contributed by atoms with Crippen molar-refractivity contribution >= 4 is 0 Å². The molecule has 0 spiro atoms. The highest BCUT2D eigenvalue weighted by atomic mass is 16.5. The van der Waals surface area contributed by atoms with Crippen molar-refractivity contribution in [1.29, 1.82) is 0 Å². The molecular weight excluding hydrogens is 204 g/mol. The number of ether oxygens (including phenoxy) is 2. The molecule has 4 nitrogen and oxygen atoms in total. The van der Waals surface area contributed by atoms with Gasteiger partial charge in [0, 0.05) is 6.07 Å². The molecule has 0 unspecified atom stereocenters. The van der Waals surface area contributed by atoms with Crippen LogP contribution in [-0.4, -0.2) is 30.8 Å². The number of pyridine rings is 1. The molecule has 1 aromatic rings. The molecule has 0 aromatic carbocycles. The van der Waals surface area contributed by atoms with E-state index in [1.54, 1.807) is 13.3 Å². The minimum absolute atomic E-state index is 0.0904. The molecule has 2 rings (SSSR count). The third-order valence-corrected chi connectivity index (χ3v) is 2.96. The Hall–Kier alpha value is -1.29. The maximum atomic E-state index is 5.94. The first-order valence-electron chi connectivity index (χ1n) is 5.62. The first-order valence-corrected chi connectivity index (χ1v) is 5.62. The maximum Gasteiger partial charge on any atom is 0.213 e. The van der Waals surface area contributed by atoms with Crippen molar-refractivity contribution in [3.05, 3.63) is 18.3 Å². The minimum Gasteiger partial charge on any atom is -0.495 e. The summed E-state index contributed by atoms with van der Waals surface area (Å²) >= 11 is 0. The molecule has 16 heavy (non-hydrogen) atoms. The number of nitrogens with one attached hydrogen (secondary N) is 1. The van der Waals surface area contributed by atoms with Crippen molar-refractivity contribution in [1.82, 2.24) is 10.3 Å². The van der Waals surface area contributed by atoms with Gasteiger partial charge in [0.2, 0.25) is 5.88 Å². The fraction of sp³-hybridized carbons (Fsp3) is 0.583. The molecule has 0 saturated carbocycles. The van der Waals surface area contributed by atoms with Gasteiger partial charge >= 0.3 is 0 Å². The van der Waals surface area contributed by atoms with E-state index < -0.39 is 0 Å². The average molecular weight is 222 g/mol. The Morgan fingerprint density at radius 1 is 1.31 bits per heavy atom. The summed E-state index contributed by atoms with van der Waals surface area (Å²) in [4.78, 5) is 4.22. The Balaban J connectivity index is 2.01. The third-order valence-electron chi connectivity index (χ3n) is 2.96. The van der Waals surface area contributed by atoms with Gasteiger partial charge in [0.1, 0.15) is 11.4 Å². The Morgan fingerprint density at radius 3 is 2.62 bits per heavy atom. The fourth-order valence-electron chi connectivity index (χ4n) is 1.86. The zero-order valence-corrected chi connectivity index (χ0v) is 9.82. The molecule has 0 atom stereocenters. The molecule has 4 heteroatoms. The van der Waals surface area contributed by atoms with Crippen molar-refractivity contribution in [2.45, 2.75) is 25.4 Å². The van der Waals surface area contributed by atoms with Gasteiger partial charge in [-0.05, 0) is 38.9 Å². The summed E-state index contributed by atoms with van der Waals surface area (Å²) in [7, 11) is 1.63. The molecule has 1 aromatic heterocycles. The third kappa shape index (κ3) is 2.64. The number of nitrogens with zero attached hydrogens (tertiary/aromatic N) is 1. The van der Waals surface area contributed by atoms with E-state index in [0.29, 0.717) is 5.88 Å². The quantitative estimate of drug-likeness (QED) is 0.843. The summed E-state index contributed by atoms with van der Waals surface area (Å²) in [5, 5.41) is 3.32. The summed E-state index contributed by atoms with van der Waals surface area (Å²) in [6.07, 6.45) is 3.71. The van der Waals surface area contributed by atoms with Gasteiger partial charge in [-0.1, -0.05) is 0 Å². The lowest BCUT2D eigenvalue weighted by molar-refractivity contribution is 0.0507. The zero-order valence-electron chi connectivity index (χ0n) is 9.82. The van der Waals surface area contributed by atoms with E-state index in [-0.39, 0.29) is 5.60 Å². The van der Waals surface area contributed by atoms with Crippen molar-refractivity contribution in [3.63, 3.8) is 0 Å². The van der Waals surface area contributed by atoms with Crippen LogP contribution in [0.1, 0.15) is 19.8 Å². The molecule has 0 radical (unpaired) electrons. The largest absolute Gasteiger partial charge is 0.495 e. The Morgan fingerprint density at radius 2 is 2.06 bits per heavy atom. The molecular formula is C12H18N2O2. The summed E-state index contributed by atoms with van der Waals surface area (Å²) in [5.74, 6) is 1.42. The number of hydrogen-bond donors (Lipinski definition) is 1. The van der Waals surface area contributed by atoms with Gasteiger partial charge in [0.15, 0.2) is 0 Å². The summed E-state index contributed by atoms with van der Waals surface area (Å²) in [6, 6.07) is 3.72. The number of hydrogen-bond acceptors (Lipinski definition) is 4. The van der Waals surface area contributed by atoms with Gasteiger partial charge < -0.3 is 14.8 Å². The second-order valence-electron chi connectivity index (χ2n) is 4.34. The molecule has 88 valence electrons. The zero-order chi connectivity index (χ0) is 11.4. The maximum absolute atomic E-state index is 5.94. The van der Waals surface area contributed by atoms with Crippen LogP contribution < -0.4 is 14.8 Å². The highest BCUT2D eigenvalue weighted by Crippen LogP contribution is 2.25. The lowest BCUT2D eigenvalue weighted by atomic mass is 9.95. The number of rotatable bonds is 3. The topological polar surface area (TPSA) is 43.4 Å². The predicted molar refractivity (Wildman–Crippen MR) is 61.9 cm³/mol. The van der Waals surface area contributed by atoms with Gasteiger partial charge in [0.05, 0.1) is 13.3 Å². The lowest BCUT2D eigenvalue weighted by Gasteiger charge is -2.34.